The Morgan fingerprint density at radius 2 is 2.10 bits per heavy atom. The van der Waals surface area contributed by atoms with Crippen LogP contribution in [0.15, 0.2) is 30.5 Å². The van der Waals surface area contributed by atoms with E-state index >= 15 is 0 Å². The van der Waals surface area contributed by atoms with Crippen molar-refractivity contribution in [3.63, 3.8) is 0 Å². The van der Waals surface area contributed by atoms with Crippen molar-refractivity contribution in [3.8, 4) is 0 Å². The zero-order chi connectivity index (χ0) is 14.8. The molecular formula is C13H14N6O2. The van der Waals surface area contributed by atoms with Crippen LogP contribution in [0.1, 0.15) is 11.1 Å². The molecule has 0 radical (unpaired) electrons. The van der Waals surface area contributed by atoms with Gasteiger partial charge in [-0.15, -0.1) is 0 Å². The van der Waals surface area contributed by atoms with Crippen LogP contribution in [0, 0.1) is 10.1 Å². The first-order chi connectivity index (χ1) is 10.2. The monoisotopic (exact) mass is 286 g/mol. The Labute approximate surface area is 120 Å². The molecule has 0 amide bonds. The maximum absolute atomic E-state index is 11.2. The minimum Gasteiger partial charge on any atom is -0.346 e. The molecule has 0 unspecified atom stereocenters. The van der Waals surface area contributed by atoms with Gasteiger partial charge in [0.15, 0.2) is 0 Å². The maximum Gasteiger partial charge on any atom is 0.329 e. The highest BCUT2D eigenvalue weighted by Crippen LogP contribution is 2.30. The van der Waals surface area contributed by atoms with E-state index in [1.54, 1.807) is 0 Å². The van der Waals surface area contributed by atoms with E-state index in [2.05, 4.69) is 21.5 Å². The summed E-state index contributed by atoms with van der Waals surface area (Å²) in [5, 5.41) is 11.2. The number of hydrogen-bond acceptors (Lipinski definition) is 7. The number of rotatable bonds is 3. The highest BCUT2D eigenvalue weighted by Gasteiger charge is 2.25. The Morgan fingerprint density at radius 3 is 2.81 bits per heavy atom. The number of hydrazine groups is 1. The molecule has 0 saturated heterocycles. The predicted molar refractivity (Wildman–Crippen MR) is 77.7 cm³/mol. The van der Waals surface area contributed by atoms with E-state index in [-0.39, 0.29) is 17.5 Å². The number of hydrogen-bond donors (Lipinski definition) is 2. The molecule has 0 spiro atoms. The van der Waals surface area contributed by atoms with Crippen LogP contribution in [-0.2, 0) is 13.0 Å². The molecule has 2 heterocycles. The van der Waals surface area contributed by atoms with Gasteiger partial charge in [0.05, 0.1) is 4.92 Å². The van der Waals surface area contributed by atoms with Crippen molar-refractivity contribution in [3.05, 3.63) is 51.7 Å². The molecule has 0 fully saturated rings. The van der Waals surface area contributed by atoms with Crippen molar-refractivity contribution in [1.29, 1.82) is 0 Å². The Kier molecular flexibility index (Phi) is 3.36. The molecule has 108 valence electrons. The number of nitrogen functional groups attached to an aromatic ring is 1. The third-order valence-electron chi connectivity index (χ3n) is 3.51. The van der Waals surface area contributed by atoms with Gasteiger partial charge < -0.3 is 4.90 Å². The molecule has 21 heavy (non-hydrogen) atoms. The van der Waals surface area contributed by atoms with Crippen LogP contribution in [0.3, 0.4) is 0 Å². The highest BCUT2D eigenvalue weighted by molar-refractivity contribution is 5.60. The van der Waals surface area contributed by atoms with Crippen molar-refractivity contribution in [2.24, 2.45) is 5.84 Å². The van der Waals surface area contributed by atoms with Gasteiger partial charge in [0.25, 0.3) is 0 Å². The van der Waals surface area contributed by atoms with Crippen molar-refractivity contribution in [1.82, 2.24) is 9.97 Å². The van der Waals surface area contributed by atoms with Crippen LogP contribution in [0.4, 0.5) is 17.5 Å². The number of aromatic nitrogens is 2. The van der Waals surface area contributed by atoms with Crippen molar-refractivity contribution >= 4 is 17.5 Å². The number of anilines is 2. The first-order valence-electron chi connectivity index (χ1n) is 6.49. The number of benzene rings is 1. The lowest BCUT2D eigenvalue weighted by Crippen LogP contribution is -2.32. The van der Waals surface area contributed by atoms with E-state index in [0.717, 1.165) is 12.0 Å². The Hall–Kier alpha value is -2.74. The summed E-state index contributed by atoms with van der Waals surface area (Å²) in [6, 6.07) is 8.06. The fourth-order valence-corrected chi connectivity index (χ4v) is 2.47. The third kappa shape index (κ3) is 2.48. The smallest absolute Gasteiger partial charge is 0.329 e. The third-order valence-corrected chi connectivity index (χ3v) is 3.51. The molecule has 8 nitrogen and oxygen atoms in total. The van der Waals surface area contributed by atoms with Gasteiger partial charge in [-0.1, -0.05) is 24.3 Å². The standard InChI is InChI=1S/C13H14N6O2/c14-17-13-15-7-11(19(20)21)12(16-13)18-6-5-9-3-1-2-4-10(9)8-18/h1-4,7H,5-6,8,14H2,(H,15,16,17). The fourth-order valence-electron chi connectivity index (χ4n) is 2.47. The van der Waals surface area contributed by atoms with Crippen molar-refractivity contribution in [2.45, 2.75) is 13.0 Å². The molecule has 1 aliphatic heterocycles. The molecule has 3 N–H and O–H groups in total. The van der Waals surface area contributed by atoms with Crippen LogP contribution >= 0.6 is 0 Å². The lowest BCUT2D eigenvalue weighted by Gasteiger charge is -2.29. The SMILES string of the molecule is NNc1ncc([N+](=O)[O-])c(N2CCc3ccccc3C2)n1. The van der Waals surface area contributed by atoms with Gasteiger partial charge in [0, 0.05) is 13.1 Å². The van der Waals surface area contributed by atoms with E-state index in [0.29, 0.717) is 13.1 Å². The van der Waals surface area contributed by atoms with Gasteiger partial charge in [0.2, 0.25) is 11.8 Å². The van der Waals surface area contributed by atoms with E-state index in [9.17, 15) is 10.1 Å². The average molecular weight is 286 g/mol. The van der Waals surface area contributed by atoms with E-state index in [4.69, 9.17) is 5.84 Å². The first kappa shape index (κ1) is 13.3. The zero-order valence-electron chi connectivity index (χ0n) is 11.2. The lowest BCUT2D eigenvalue weighted by atomic mass is 10.00. The molecule has 0 saturated carbocycles. The second-order valence-corrected chi connectivity index (χ2v) is 4.74. The van der Waals surface area contributed by atoms with Crippen LogP contribution in [-0.4, -0.2) is 21.4 Å². The maximum atomic E-state index is 11.2. The molecule has 1 aliphatic rings. The van der Waals surface area contributed by atoms with Gasteiger partial charge in [-0.3, -0.25) is 15.5 Å². The zero-order valence-corrected chi connectivity index (χ0v) is 11.2. The van der Waals surface area contributed by atoms with Gasteiger partial charge >= 0.3 is 5.69 Å². The minimum atomic E-state index is -0.476. The number of fused-ring (bicyclic) bond motifs is 1. The molecule has 0 aliphatic carbocycles. The van der Waals surface area contributed by atoms with Gasteiger partial charge in [-0.25, -0.2) is 10.8 Å². The number of nitro groups is 1. The minimum absolute atomic E-state index is 0.117. The van der Waals surface area contributed by atoms with Gasteiger partial charge in [-0.2, -0.15) is 4.98 Å². The summed E-state index contributed by atoms with van der Waals surface area (Å²) >= 11 is 0. The van der Waals surface area contributed by atoms with Crippen LogP contribution in [0.25, 0.3) is 0 Å². The van der Waals surface area contributed by atoms with E-state index in [1.807, 2.05) is 23.1 Å². The summed E-state index contributed by atoms with van der Waals surface area (Å²) in [4.78, 5) is 20.5. The normalized spacial score (nSPS) is 13.7. The summed E-state index contributed by atoms with van der Waals surface area (Å²) < 4.78 is 0. The number of nitrogens with zero attached hydrogens (tertiary/aromatic N) is 4. The van der Waals surface area contributed by atoms with Crippen molar-refractivity contribution < 1.29 is 4.92 Å². The van der Waals surface area contributed by atoms with E-state index < -0.39 is 4.92 Å². The van der Waals surface area contributed by atoms with Crippen LogP contribution < -0.4 is 16.2 Å². The second kappa shape index (κ2) is 5.33. The van der Waals surface area contributed by atoms with Crippen LogP contribution in [0.5, 0.6) is 0 Å². The Morgan fingerprint density at radius 1 is 1.33 bits per heavy atom. The molecule has 8 heteroatoms. The molecule has 0 atom stereocenters. The topological polar surface area (TPSA) is 110 Å². The summed E-state index contributed by atoms with van der Waals surface area (Å²) in [7, 11) is 0. The fraction of sp³-hybridized carbons (Fsp3) is 0.231. The van der Waals surface area contributed by atoms with Crippen molar-refractivity contribution in [2.75, 3.05) is 16.9 Å². The van der Waals surface area contributed by atoms with Crippen LogP contribution in [0.2, 0.25) is 0 Å². The molecule has 1 aromatic heterocycles. The summed E-state index contributed by atoms with van der Waals surface area (Å²) in [6.07, 6.45) is 2.00. The average Bonchev–Trinajstić information content (AvgIpc) is 2.53. The molecule has 3 rings (SSSR count). The quantitative estimate of drug-likeness (QED) is 0.496. The largest absolute Gasteiger partial charge is 0.346 e. The predicted octanol–water partition coefficient (Wildman–Crippen LogP) is 1.23. The summed E-state index contributed by atoms with van der Waals surface area (Å²) in [5.74, 6) is 5.74. The number of nitrogens with two attached hydrogens (primary N) is 1. The second-order valence-electron chi connectivity index (χ2n) is 4.74. The molecule has 1 aromatic carbocycles. The number of nitrogens with one attached hydrogen (secondary N) is 1. The molecule has 0 bridgehead atoms. The Bertz CT molecular complexity index is 690. The molecule has 2 aromatic rings. The van der Waals surface area contributed by atoms with Gasteiger partial charge in [0.1, 0.15) is 6.20 Å². The molecular weight excluding hydrogens is 272 g/mol. The van der Waals surface area contributed by atoms with E-state index in [1.165, 1.54) is 11.8 Å². The first-order valence-corrected chi connectivity index (χ1v) is 6.49. The lowest BCUT2D eigenvalue weighted by molar-refractivity contribution is -0.384. The van der Waals surface area contributed by atoms with Gasteiger partial charge in [-0.05, 0) is 17.5 Å². The highest BCUT2D eigenvalue weighted by atomic mass is 16.6. The summed E-state index contributed by atoms with van der Waals surface area (Å²) in [6.45, 7) is 1.25. The summed E-state index contributed by atoms with van der Waals surface area (Å²) in [5.41, 5.74) is 4.62. The Balaban J connectivity index is 1.99.